The van der Waals surface area contributed by atoms with Gasteiger partial charge in [-0.3, -0.25) is 9.78 Å². The number of rotatable bonds is 5. The number of carbonyl (C=O) groups is 1. The predicted octanol–water partition coefficient (Wildman–Crippen LogP) is 1.05. The molecule has 3 rings (SSSR count). The van der Waals surface area contributed by atoms with E-state index in [-0.39, 0.29) is 12.5 Å². The van der Waals surface area contributed by atoms with Crippen molar-refractivity contribution in [2.24, 2.45) is 0 Å². The molecule has 3 N–H and O–H groups in total. The van der Waals surface area contributed by atoms with Crippen molar-refractivity contribution >= 4 is 11.7 Å². The van der Waals surface area contributed by atoms with Crippen LogP contribution >= 0.6 is 0 Å². The molecular formula is C19H25N5O2. The van der Waals surface area contributed by atoms with Crippen LogP contribution in [-0.4, -0.2) is 60.3 Å². The molecule has 0 radical (unpaired) electrons. The zero-order chi connectivity index (χ0) is 18.6. The topological polar surface area (TPSA) is 90.4 Å². The molecule has 1 amide bonds. The second kappa shape index (κ2) is 7.80. The Bertz CT molecular complexity index is 755. The van der Waals surface area contributed by atoms with Gasteiger partial charge in [-0.25, -0.2) is 4.98 Å². The van der Waals surface area contributed by atoms with Crippen molar-refractivity contribution < 1.29 is 9.90 Å². The summed E-state index contributed by atoms with van der Waals surface area (Å²) in [5.41, 5.74) is 1.34. The van der Waals surface area contributed by atoms with E-state index in [2.05, 4.69) is 20.6 Å². The van der Waals surface area contributed by atoms with Crippen molar-refractivity contribution in [1.82, 2.24) is 20.6 Å². The molecule has 1 aliphatic rings. The summed E-state index contributed by atoms with van der Waals surface area (Å²) in [6, 6.07) is 7.24. The largest absolute Gasteiger partial charge is 0.387 e. The molecule has 26 heavy (non-hydrogen) atoms. The number of aromatic nitrogens is 2. The van der Waals surface area contributed by atoms with Gasteiger partial charge in [-0.15, -0.1) is 0 Å². The highest BCUT2D eigenvalue weighted by Gasteiger charge is 2.29. The zero-order valence-corrected chi connectivity index (χ0v) is 15.2. The van der Waals surface area contributed by atoms with E-state index < -0.39 is 5.60 Å². The molecule has 7 nitrogen and oxygen atoms in total. The minimum atomic E-state index is -0.865. The van der Waals surface area contributed by atoms with Gasteiger partial charge in [0.2, 0.25) is 0 Å². The van der Waals surface area contributed by atoms with Gasteiger partial charge in [0.1, 0.15) is 5.82 Å². The van der Waals surface area contributed by atoms with Crippen LogP contribution in [0, 0.1) is 0 Å². The second-order valence-electron chi connectivity index (χ2n) is 6.92. The number of carbonyl (C=O) groups excluding carboxylic acids is 1. The van der Waals surface area contributed by atoms with E-state index in [0.29, 0.717) is 18.5 Å². The molecule has 1 atom stereocenters. The second-order valence-corrected chi connectivity index (χ2v) is 6.92. The minimum Gasteiger partial charge on any atom is -0.387 e. The van der Waals surface area contributed by atoms with Gasteiger partial charge in [0, 0.05) is 38.3 Å². The summed E-state index contributed by atoms with van der Waals surface area (Å²) in [7, 11) is 3.83. The van der Waals surface area contributed by atoms with Crippen LogP contribution in [0.3, 0.4) is 0 Å². The minimum absolute atomic E-state index is 0.191. The number of hydrogen-bond donors (Lipinski definition) is 3. The number of nitrogens with one attached hydrogen (secondary N) is 2. The van der Waals surface area contributed by atoms with Gasteiger partial charge in [0.15, 0.2) is 0 Å². The average Bonchev–Trinajstić information content (AvgIpc) is 2.67. The summed E-state index contributed by atoms with van der Waals surface area (Å²) in [5, 5.41) is 16.4. The van der Waals surface area contributed by atoms with Gasteiger partial charge >= 0.3 is 0 Å². The fourth-order valence-electron chi connectivity index (χ4n) is 2.95. The molecule has 1 aliphatic heterocycles. The summed E-state index contributed by atoms with van der Waals surface area (Å²) in [6.07, 6.45) is 5.01. The highest BCUT2D eigenvalue weighted by molar-refractivity contribution is 5.94. The van der Waals surface area contributed by atoms with Gasteiger partial charge in [-0.1, -0.05) is 12.1 Å². The Morgan fingerprint density at radius 1 is 1.31 bits per heavy atom. The Morgan fingerprint density at radius 2 is 2.08 bits per heavy atom. The predicted molar refractivity (Wildman–Crippen MR) is 101 cm³/mol. The first-order chi connectivity index (χ1) is 12.5. The molecule has 138 valence electrons. The molecule has 0 spiro atoms. The maximum atomic E-state index is 12.3. The van der Waals surface area contributed by atoms with Crippen LogP contribution in [0.1, 0.15) is 23.2 Å². The summed E-state index contributed by atoms with van der Waals surface area (Å²) < 4.78 is 0. The maximum absolute atomic E-state index is 12.3. The Labute approximate surface area is 153 Å². The Kier molecular flexibility index (Phi) is 5.49. The number of piperidine rings is 1. The zero-order valence-electron chi connectivity index (χ0n) is 15.2. The van der Waals surface area contributed by atoms with Gasteiger partial charge < -0.3 is 20.6 Å². The van der Waals surface area contributed by atoms with Crippen molar-refractivity contribution in [3.05, 3.63) is 42.2 Å². The third kappa shape index (κ3) is 4.36. The molecule has 2 heterocycles. The number of β-amino-alcohol motifs (C(OH)–C–C–N with tert-alkyl or cyclic N) is 1. The summed E-state index contributed by atoms with van der Waals surface area (Å²) >= 11 is 0. The first-order valence-electron chi connectivity index (χ1n) is 8.78. The number of amides is 1. The van der Waals surface area contributed by atoms with Crippen LogP contribution in [0.25, 0.3) is 11.3 Å². The fraction of sp³-hybridized carbons (Fsp3) is 0.421. The third-order valence-electron chi connectivity index (χ3n) is 4.55. The lowest BCUT2D eigenvalue weighted by atomic mass is 9.94. The van der Waals surface area contributed by atoms with E-state index in [1.54, 1.807) is 24.5 Å². The van der Waals surface area contributed by atoms with Gasteiger partial charge in [-0.2, -0.15) is 0 Å². The number of benzene rings is 1. The van der Waals surface area contributed by atoms with Gasteiger partial charge in [0.25, 0.3) is 5.91 Å². The molecular weight excluding hydrogens is 330 g/mol. The molecule has 0 unspecified atom stereocenters. The molecule has 2 aromatic rings. The van der Waals surface area contributed by atoms with Crippen LogP contribution in [0.2, 0.25) is 0 Å². The van der Waals surface area contributed by atoms with Gasteiger partial charge in [-0.05, 0) is 31.5 Å². The van der Waals surface area contributed by atoms with Crippen molar-refractivity contribution in [1.29, 1.82) is 0 Å². The molecule has 1 saturated heterocycles. The Hall–Kier alpha value is -2.51. The maximum Gasteiger partial charge on any atom is 0.251 e. The average molecular weight is 355 g/mol. The quantitative estimate of drug-likeness (QED) is 0.743. The number of nitrogens with zero attached hydrogens (tertiary/aromatic N) is 3. The summed E-state index contributed by atoms with van der Waals surface area (Å²) in [4.78, 5) is 23.0. The fourth-order valence-corrected chi connectivity index (χ4v) is 2.95. The number of aliphatic hydroxyl groups is 1. The molecule has 0 saturated carbocycles. The van der Waals surface area contributed by atoms with Crippen LogP contribution in [0.5, 0.6) is 0 Å². The first kappa shape index (κ1) is 18.3. The van der Waals surface area contributed by atoms with Crippen LogP contribution < -0.4 is 15.5 Å². The highest BCUT2D eigenvalue weighted by atomic mass is 16.3. The first-order valence-corrected chi connectivity index (χ1v) is 8.78. The lowest BCUT2D eigenvalue weighted by Crippen LogP contribution is -2.52. The highest BCUT2D eigenvalue weighted by Crippen LogP contribution is 2.19. The summed E-state index contributed by atoms with van der Waals surface area (Å²) in [5.74, 6) is 0.585. The van der Waals surface area contributed by atoms with E-state index in [0.717, 1.165) is 30.0 Å². The number of hydrogen-bond acceptors (Lipinski definition) is 6. The van der Waals surface area contributed by atoms with E-state index in [9.17, 15) is 9.90 Å². The van der Waals surface area contributed by atoms with Crippen LogP contribution in [-0.2, 0) is 0 Å². The van der Waals surface area contributed by atoms with Crippen molar-refractivity contribution in [2.45, 2.75) is 18.4 Å². The normalized spacial score (nSPS) is 19.8. The smallest absolute Gasteiger partial charge is 0.251 e. The monoisotopic (exact) mass is 355 g/mol. The van der Waals surface area contributed by atoms with E-state index >= 15 is 0 Å². The van der Waals surface area contributed by atoms with Crippen LogP contribution in [0.15, 0.2) is 36.7 Å². The van der Waals surface area contributed by atoms with Crippen molar-refractivity contribution in [3.8, 4) is 11.3 Å². The van der Waals surface area contributed by atoms with Crippen LogP contribution in [0.4, 0.5) is 5.82 Å². The third-order valence-corrected chi connectivity index (χ3v) is 4.55. The van der Waals surface area contributed by atoms with E-state index in [1.807, 2.05) is 31.1 Å². The molecule has 0 aliphatic carbocycles. The van der Waals surface area contributed by atoms with Crippen molar-refractivity contribution in [3.63, 3.8) is 0 Å². The Morgan fingerprint density at radius 3 is 2.73 bits per heavy atom. The molecule has 1 aromatic carbocycles. The van der Waals surface area contributed by atoms with Gasteiger partial charge in [0.05, 0.1) is 23.7 Å². The summed E-state index contributed by atoms with van der Waals surface area (Å²) in [6.45, 7) is 1.67. The molecule has 0 bridgehead atoms. The lowest BCUT2D eigenvalue weighted by molar-refractivity contribution is 0.0170. The van der Waals surface area contributed by atoms with E-state index in [4.69, 9.17) is 0 Å². The lowest BCUT2D eigenvalue weighted by Gasteiger charge is -2.32. The molecule has 7 heteroatoms. The number of anilines is 1. The Balaban J connectivity index is 1.65. The molecule has 1 aromatic heterocycles. The van der Waals surface area contributed by atoms with E-state index in [1.165, 1.54) is 0 Å². The standard InChI is InChI=1S/C19H25N5O2/c1-24(2)17-11-21-10-16(23-17)14-4-6-15(7-5-14)18(25)22-13-19(26)8-3-9-20-12-19/h4-7,10-11,20,26H,3,8-9,12-13H2,1-2H3,(H,22,25)/t19-/m1/s1. The SMILES string of the molecule is CN(C)c1cncc(-c2ccc(C(=O)NC[C@@]3(O)CCCNC3)cc2)n1. The van der Waals surface area contributed by atoms with Crippen molar-refractivity contribution in [2.75, 3.05) is 38.6 Å². The molecule has 1 fully saturated rings.